The molecule has 3 aromatic carbocycles. The lowest BCUT2D eigenvalue weighted by Gasteiger charge is -2.33. The first-order chi connectivity index (χ1) is 16.6. The Morgan fingerprint density at radius 3 is 2.03 bits per heavy atom. The third kappa shape index (κ3) is 4.39. The van der Waals surface area contributed by atoms with E-state index in [1.165, 1.54) is 18.2 Å². The number of nitrogens with zero attached hydrogens (tertiary/aromatic N) is 2. The van der Waals surface area contributed by atoms with E-state index in [1.54, 1.807) is 0 Å². The van der Waals surface area contributed by atoms with Crippen molar-refractivity contribution in [1.82, 2.24) is 5.48 Å². The first-order valence-corrected chi connectivity index (χ1v) is 11.9. The Hall–Kier alpha value is -3.38. The predicted octanol–water partition coefficient (Wildman–Crippen LogP) is 7.00. The molecule has 4 nitrogen and oxygen atoms in total. The minimum atomic E-state index is -0.559. The van der Waals surface area contributed by atoms with Crippen LogP contribution in [-0.2, 0) is 4.84 Å². The lowest BCUT2D eigenvalue weighted by molar-refractivity contribution is 0.0544. The van der Waals surface area contributed by atoms with Crippen molar-refractivity contribution in [2.24, 2.45) is 15.4 Å². The smallest absolute Gasteiger partial charge is 0.242 e. The number of hydrogen-bond acceptors (Lipinski definition) is 4. The molecule has 0 aliphatic carbocycles. The maximum atomic E-state index is 14.2. The van der Waals surface area contributed by atoms with E-state index in [-0.39, 0.29) is 17.0 Å². The van der Waals surface area contributed by atoms with Crippen LogP contribution in [0.1, 0.15) is 63.3 Å². The van der Waals surface area contributed by atoms with Gasteiger partial charge in [0, 0.05) is 16.7 Å². The molecule has 0 amide bonds. The summed E-state index contributed by atoms with van der Waals surface area (Å²) in [6, 6.07) is 20.2. The van der Waals surface area contributed by atoms with E-state index < -0.39 is 17.3 Å². The van der Waals surface area contributed by atoms with Crippen molar-refractivity contribution in [3.63, 3.8) is 0 Å². The monoisotopic (exact) mass is 473 g/mol. The first kappa shape index (κ1) is 23.4. The van der Waals surface area contributed by atoms with Gasteiger partial charge in [-0.3, -0.25) is 4.99 Å². The Labute approximate surface area is 204 Å². The normalized spacial score (nSPS) is 22.1. The average Bonchev–Trinajstić information content (AvgIpc) is 3.47. The molecule has 5 rings (SSSR count). The maximum Gasteiger partial charge on any atom is 0.242 e. The van der Waals surface area contributed by atoms with Crippen LogP contribution in [0.15, 0.2) is 76.7 Å². The molecule has 0 aromatic heterocycles. The fourth-order valence-electron chi connectivity index (χ4n) is 4.34. The molecule has 0 spiro atoms. The number of halogens is 2. The standard InChI is InChI=1S/C29H29F2N3O/c1-28(2,3)29(4)33-27(35-34-29)21-14-10-19(11-15-21)18-8-12-20(13-9-18)24-16-17-25(32-24)26-22(30)6-5-7-23(26)31/h5-15,24,34H,16-17H2,1-4H3/t24-,29?/m1/s1. The van der Waals surface area contributed by atoms with E-state index in [1.807, 2.05) is 31.2 Å². The van der Waals surface area contributed by atoms with E-state index in [0.29, 0.717) is 18.0 Å². The minimum absolute atomic E-state index is 0.000529. The van der Waals surface area contributed by atoms with Crippen LogP contribution in [0.4, 0.5) is 8.78 Å². The highest BCUT2D eigenvalue weighted by Gasteiger charge is 2.42. The van der Waals surface area contributed by atoms with Gasteiger partial charge in [0.15, 0.2) is 0 Å². The van der Waals surface area contributed by atoms with Crippen molar-refractivity contribution in [1.29, 1.82) is 0 Å². The predicted molar refractivity (Wildman–Crippen MR) is 135 cm³/mol. The molecule has 0 bridgehead atoms. The van der Waals surface area contributed by atoms with Crippen LogP contribution in [0.3, 0.4) is 0 Å². The average molecular weight is 474 g/mol. The van der Waals surface area contributed by atoms with E-state index in [4.69, 9.17) is 9.83 Å². The van der Waals surface area contributed by atoms with Crippen molar-refractivity contribution in [3.8, 4) is 11.1 Å². The zero-order valence-corrected chi connectivity index (χ0v) is 20.4. The molecule has 2 aliphatic rings. The van der Waals surface area contributed by atoms with Crippen LogP contribution in [0.5, 0.6) is 0 Å². The summed E-state index contributed by atoms with van der Waals surface area (Å²) in [6.45, 7) is 8.40. The van der Waals surface area contributed by atoms with Crippen molar-refractivity contribution in [2.75, 3.05) is 0 Å². The van der Waals surface area contributed by atoms with Gasteiger partial charge in [-0.25, -0.2) is 13.8 Å². The van der Waals surface area contributed by atoms with Crippen LogP contribution >= 0.6 is 0 Å². The quantitative estimate of drug-likeness (QED) is 0.443. The first-order valence-electron chi connectivity index (χ1n) is 11.9. The number of nitrogens with one attached hydrogen (secondary N) is 1. The molecule has 6 heteroatoms. The van der Waals surface area contributed by atoms with Crippen molar-refractivity contribution >= 4 is 11.6 Å². The molecule has 180 valence electrons. The van der Waals surface area contributed by atoms with Crippen LogP contribution in [0.25, 0.3) is 11.1 Å². The van der Waals surface area contributed by atoms with Crippen molar-refractivity contribution in [3.05, 3.63) is 95.1 Å². The van der Waals surface area contributed by atoms with Crippen molar-refractivity contribution < 1.29 is 13.6 Å². The number of benzene rings is 3. The molecule has 35 heavy (non-hydrogen) atoms. The van der Waals surface area contributed by atoms with Crippen LogP contribution in [0, 0.1) is 17.0 Å². The molecule has 0 fully saturated rings. The van der Waals surface area contributed by atoms with Crippen LogP contribution in [-0.4, -0.2) is 17.3 Å². The Morgan fingerprint density at radius 2 is 1.46 bits per heavy atom. The molecular formula is C29H29F2N3O. The molecular weight excluding hydrogens is 444 g/mol. The van der Waals surface area contributed by atoms with Crippen molar-refractivity contribution in [2.45, 2.75) is 52.2 Å². The zero-order chi connectivity index (χ0) is 24.8. The van der Waals surface area contributed by atoms with Crippen LogP contribution in [0.2, 0.25) is 0 Å². The van der Waals surface area contributed by atoms with E-state index >= 15 is 0 Å². The number of hydroxylamine groups is 1. The third-order valence-electron chi connectivity index (χ3n) is 7.11. The van der Waals surface area contributed by atoms with Gasteiger partial charge in [-0.15, -0.1) is 5.48 Å². The summed E-state index contributed by atoms with van der Waals surface area (Å²) in [7, 11) is 0. The Balaban J connectivity index is 1.32. The lowest BCUT2D eigenvalue weighted by Crippen LogP contribution is -2.47. The molecule has 0 saturated heterocycles. The van der Waals surface area contributed by atoms with E-state index in [0.717, 1.165) is 28.7 Å². The summed E-state index contributed by atoms with van der Waals surface area (Å²) in [6.07, 6.45) is 1.29. The maximum absolute atomic E-state index is 14.2. The summed E-state index contributed by atoms with van der Waals surface area (Å²) in [5, 5.41) is 0. The number of rotatable bonds is 4. The minimum Gasteiger partial charge on any atom is -0.386 e. The van der Waals surface area contributed by atoms with Gasteiger partial charge in [-0.05, 0) is 60.7 Å². The Kier molecular flexibility index (Phi) is 5.80. The summed E-state index contributed by atoms with van der Waals surface area (Å²) in [5.41, 5.74) is 7.09. The topological polar surface area (TPSA) is 46.0 Å². The lowest BCUT2D eigenvalue weighted by atomic mass is 9.83. The van der Waals surface area contributed by atoms with Gasteiger partial charge in [0.25, 0.3) is 0 Å². The highest BCUT2D eigenvalue weighted by Crippen LogP contribution is 2.36. The molecule has 2 heterocycles. The molecule has 0 saturated carbocycles. The highest BCUT2D eigenvalue weighted by molar-refractivity contribution is 6.02. The summed E-state index contributed by atoms with van der Waals surface area (Å²) >= 11 is 0. The highest BCUT2D eigenvalue weighted by atomic mass is 19.1. The van der Waals surface area contributed by atoms with E-state index in [9.17, 15) is 8.78 Å². The number of hydrogen-bond donors (Lipinski definition) is 1. The molecule has 1 N–H and O–H groups in total. The molecule has 2 aliphatic heterocycles. The van der Waals surface area contributed by atoms with Gasteiger partial charge in [0.2, 0.25) is 5.90 Å². The fourth-order valence-corrected chi connectivity index (χ4v) is 4.34. The SMILES string of the molecule is CC(C)(C)C1(C)N=C(c2ccc(-c3ccc([C@H]4CCC(c5c(F)cccc5F)=N4)cc3)cc2)ON1. The fraction of sp³-hybridized carbons (Fsp3) is 0.310. The summed E-state index contributed by atoms with van der Waals surface area (Å²) in [5.74, 6) is -0.530. The summed E-state index contributed by atoms with van der Waals surface area (Å²) < 4.78 is 28.3. The second-order valence-corrected chi connectivity index (χ2v) is 10.4. The summed E-state index contributed by atoms with van der Waals surface area (Å²) in [4.78, 5) is 15.1. The zero-order valence-electron chi connectivity index (χ0n) is 20.4. The van der Waals surface area contributed by atoms with E-state index in [2.05, 4.69) is 55.5 Å². The Bertz CT molecular complexity index is 1290. The number of aliphatic imine (C=N–C) groups is 2. The Morgan fingerprint density at radius 1 is 0.886 bits per heavy atom. The molecule has 3 aromatic rings. The van der Waals surface area contributed by atoms with Gasteiger partial charge in [-0.2, -0.15) is 0 Å². The molecule has 0 radical (unpaired) electrons. The van der Waals surface area contributed by atoms with Gasteiger partial charge in [0.05, 0.1) is 11.6 Å². The molecule has 1 unspecified atom stereocenters. The third-order valence-corrected chi connectivity index (χ3v) is 7.11. The van der Waals surface area contributed by atoms with Gasteiger partial charge in [0.1, 0.15) is 17.3 Å². The molecule has 2 atom stereocenters. The van der Waals surface area contributed by atoms with Gasteiger partial charge < -0.3 is 4.84 Å². The van der Waals surface area contributed by atoms with Gasteiger partial charge in [-0.1, -0.05) is 63.2 Å². The van der Waals surface area contributed by atoms with Gasteiger partial charge >= 0.3 is 0 Å². The second-order valence-electron chi connectivity index (χ2n) is 10.4. The second kappa shape index (κ2) is 8.68. The largest absolute Gasteiger partial charge is 0.386 e. The van der Waals surface area contributed by atoms with Crippen LogP contribution < -0.4 is 5.48 Å².